The van der Waals surface area contributed by atoms with Crippen LogP contribution in [-0.4, -0.2) is 28.1 Å². The molecule has 0 bridgehead atoms. The number of carbonyl (C=O) groups excluding carboxylic acids is 1. The quantitative estimate of drug-likeness (QED) is 0.334. The highest BCUT2D eigenvalue weighted by Crippen LogP contribution is 2.33. The second-order valence-corrected chi connectivity index (χ2v) is 7.42. The summed E-state index contributed by atoms with van der Waals surface area (Å²) in [5.41, 5.74) is 0. The Morgan fingerprint density at radius 1 is 1.19 bits per heavy atom. The maximum absolute atomic E-state index is 12.1. The topological polar surface area (TPSA) is 74.6 Å². The molecule has 0 aromatic carbocycles. The van der Waals surface area contributed by atoms with Gasteiger partial charge in [-0.1, -0.05) is 56.9 Å². The summed E-state index contributed by atoms with van der Waals surface area (Å²) >= 11 is 0. The van der Waals surface area contributed by atoms with Crippen LogP contribution in [0.1, 0.15) is 84.0 Å². The van der Waals surface area contributed by atoms with Gasteiger partial charge in [-0.05, 0) is 44.4 Å². The van der Waals surface area contributed by atoms with E-state index >= 15 is 0 Å². The first-order valence-electron chi connectivity index (χ1n) is 10.3. The van der Waals surface area contributed by atoms with Crippen LogP contribution in [0, 0.1) is 11.8 Å². The Hall–Kier alpha value is -1.42. The lowest BCUT2D eigenvalue weighted by molar-refractivity contribution is -0.137. The van der Waals surface area contributed by atoms with Crippen molar-refractivity contribution in [3.05, 3.63) is 24.3 Å². The zero-order chi connectivity index (χ0) is 19.2. The number of Topliss-reactive ketones (excluding diaryl/α,β-unsaturated/α-hetero) is 1. The fraction of sp³-hybridized carbons (Fsp3) is 0.727. The minimum Gasteiger partial charge on any atom is -0.481 e. The number of aliphatic carboxylic acids is 1. The predicted octanol–water partition coefficient (Wildman–Crippen LogP) is 5.06. The Balaban J connectivity index is 2.31. The summed E-state index contributed by atoms with van der Waals surface area (Å²) in [6.07, 6.45) is 18.1. The first-order valence-corrected chi connectivity index (χ1v) is 10.3. The summed E-state index contributed by atoms with van der Waals surface area (Å²) < 4.78 is 0. The molecular formula is C22H36O4. The Morgan fingerprint density at radius 2 is 2.00 bits per heavy atom. The van der Waals surface area contributed by atoms with E-state index in [2.05, 4.69) is 25.2 Å². The van der Waals surface area contributed by atoms with E-state index in [1.165, 1.54) is 19.3 Å². The van der Waals surface area contributed by atoms with Gasteiger partial charge in [-0.2, -0.15) is 0 Å². The smallest absolute Gasteiger partial charge is 0.303 e. The van der Waals surface area contributed by atoms with E-state index < -0.39 is 12.1 Å². The van der Waals surface area contributed by atoms with Crippen molar-refractivity contribution >= 4 is 11.8 Å². The third-order valence-electron chi connectivity index (χ3n) is 5.16. The van der Waals surface area contributed by atoms with Gasteiger partial charge in [0, 0.05) is 18.8 Å². The molecule has 1 aliphatic rings. The summed E-state index contributed by atoms with van der Waals surface area (Å²) in [6, 6.07) is 0. The molecule has 4 heteroatoms. The number of hydrogen-bond acceptors (Lipinski definition) is 3. The number of rotatable bonds is 14. The van der Waals surface area contributed by atoms with Gasteiger partial charge >= 0.3 is 5.97 Å². The number of aliphatic hydroxyl groups excluding tert-OH is 1. The van der Waals surface area contributed by atoms with Gasteiger partial charge in [-0.15, -0.1) is 0 Å². The van der Waals surface area contributed by atoms with Crippen molar-refractivity contribution in [2.45, 2.75) is 90.1 Å². The first kappa shape index (κ1) is 22.6. The fourth-order valence-corrected chi connectivity index (χ4v) is 3.52. The molecular weight excluding hydrogens is 328 g/mol. The summed E-state index contributed by atoms with van der Waals surface area (Å²) in [6.45, 7) is 2.18. The van der Waals surface area contributed by atoms with E-state index in [1.54, 1.807) is 0 Å². The molecule has 1 rings (SSSR count). The Bertz CT molecular complexity index is 467. The number of aliphatic hydroxyl groups is 1. The van der Waals surface area contributed by atoms with Crippen LogP contribution in [-0.2, 0) is 9.59 Å². The molecule has 0 aromatic heterocycles. The number of carboxylic acid groups (broad SMARTS) is 1. The average Bonchev–Trinajstić information content (AvgIpc) is 2.96. The third-order valence-corrected chi connectivity index (χ3v) is 5.16. The van der Waals surface area contributed by atoms with E-state index in [-0.39, 0.29) is 18.3 Å². The molecule has 0 radical (unpaired) electrons. The highest BCUT2D eigenvalue weighted by atomic mass is 16.4. The van der Waals surface area contributed by atoms with Crippen molar-refractivity contribution < 1.29 is 19.8 Å². The van der Waals surface area contributed by atoms with Crippen molar-refractivity contribution in [3.63, 3.8) is 0 Å². The van der Waals surface area contributed by atoms with Gasteiger partial charge in [0.25, 0.3) is 0 Å². The summed E-state index contributed by atoms with van der Waals surface area (Å²) in [4.78, 5) is 22.6. The van der Waals surface area contributed by atoms with E-state index in [4.69, 9.17) is 5.11 Å². The van der Waals surface area contributed by atoms with Crippen molar-refractivity contribution in [3.8, 4) is 0 Å². The van der Waals surface area contributed by atoms with Crippen molar-refractivity contribution in [1.29, 1.82) is 0 Å². The maximum Gasteiger partial charge on any atom is 0.303 e. The van der Waals surface area contributed by atoms with Gasteiger partial charge in [0.2, 0.25) is 0 Å². The van der Waals surface area contributed by atoms with E-state index in [0.29, 0.717) is 18.6 Å². The number of carbonyl (C=O) groups is 2. The lowest BCUT2D eigenvalue weighted by Crippen LogP contribution is -2.13. The Labute approximate surface area is 158 Å². The zero-order valence-corrected chi connectivity index (χ0v) is 16.2. The van der Waals surface area contributed by atoms with Crippen LogP contribution in [0.5, 0.6) is 0 Å². The van der Waals surface area contributed by atoms with Crippen LogP contribution >= 0.6 is 0 Å². The van der Waals surface area contributed by atoms with Gasteiger partial charge in [-0.3, -0.25) is 9.59 Å². The summed E-state index contributed by atoms with van der Waals surface area (Å²) in [5.74, 6) is -0.140. The molecule has 0 amide bonds. The molecule has 0 aliphatic heterocycles. The minimum atomic E-state index is -0.743. The Morgan fingerprint density at radius 3 is 2.73 bits per heavy atom. The molecule has 1 saturated carbocycles. The number of unbranched alkanes of at least 4 members (excludes halogenated alkanes) is 5. The molecule has 3 atom stereocenters. The second kappa shape index (κ2) is 13.7. The van der Waals surface area contributed by atoms with Gasteiger partial charge in [-0.25, -0.2) is 0 Å². The number of carboxylic acids is 1. The summed E-state index contributed by atoms with van der Waals surface area (Å²) in [7, 11) is 0. The van der Waals surface area contributed by atoms with E-state index in [1.807, 2.05) is 6.08 Å². The van der Waals surface area contributed by atoms with Gasteiger partial charge < -0.3 is 10.2 Å². The molecule has 2 N–H and O–H groups in total. The first-order chi connectivity index (χ1) is 12.5. The Kier molecular flexibility index (Phi) is 12.0. The molecule has 1 aliphatic carbocycles. The molecule has 0 spiro atoms. The van der Waals surface area contributed by atoms with Crippen LogP contribution in [0.4, 0.5) is 0 Å². The predicted molar refractivity (Wildman–Crippen MR) is 105 cm³/mol. The number of ketones is 1. The van der Waals surface area contributed by atoms with Crippen LogP contribution < -0.4 is 0 Å². The highest BCUT2D eigenvalue weighted by Gasteiger charge is 2.31. The molecule has 0 aromatic rings. The average molecular weight is 365 g/mol. The molecule has 26 heavy (non-hydrogen) atoms. The molecule has 148 valence electrons. The molecule has 3 unspecified atom stereocenters. The van der Waals surface area contributed by atoms with Crippen molar-refractivity contribution in [2.75, 3.05) is 0 Å². The normalized spacial score (nSPS) is 21.8. The lowest BCUT2D eigenvalue weighted by atomic mass is 9.91. The lowest BCUT2D eigenvalue weighted by Gasteiger charge is -2.13. The maximum atomic E-state index is 12.1. The third kappa shape index (κ3) is 9.91. The minimum absolute atomic E-state index is 0.0359. The van der Waals surface area contributed by atoms with Gasteiger partial charge in [0.05, 0.1) is 6.10 Å². The van der Waals surface area contributed by atoms with Gasteiger partial charge in [0.1, 0.15) is 5.78 Å². The van der Waals surface area contributed by atoms with Crippen LogP contribution in [0.3, 0.4) is 0 Å². The van der Waals surface area contributed by atoms with Crippen LogP contribution in [0.2, 0.25) is 0 Å². The zero-order valence-electron chi connectivity index (χ0n) is 16.2. The second-order valence-electron chi connectivity index (χ2n) is 7.42. The highest BCUT2D eigenvalue weighted by molar-refractivity contribution is 5.83. The standard InChI is InChI=1S/C22H36O4/c1-2-3-4-8-11-19(23)16-14-18-15-17-21(24)20(18)12-9-6-5-7-10-13-22(25)26/h6,9,14,16,18-20,23H,2-5,7-8,10-13,15,17H2,1H3,(H,25,26). The molecule has 1 fully saturated rings. The van der Waals surface area contributed by atoms with Gasteiger partial charge in [0.15, 0.2) is 0 Å². The monoisotopic (exact) mass is 364 g/mol. The molecule has 0 heterocycles. The van der Waals surface area contributed by atoms with E-state index in [0.717, 1.165) is 38.5 Å². The van der Waals surface area contributed by atoms with E-state index in [9.17, 15) is 14.7 Å². The largest absolute Gasteiger partial charge is 0.481 e. The van der Waals surface area contributed by atoms with Crippen LogP contribution in [0.15, 0.2) is 24.3 Å². The molecule has 4 nitrogen and oxygen atoms in total. The number of allylic oxidation sites excluding steroid dienone is 3. The van der Waals surface area contributed by atoms with Crippen LogP contribution in [0.25, 0.3) is 0 Å². The summed E-state index contributed by atoms with van der Waals surface area (Å²) in [5, 5.41) is 18.7. The van der Waals surface area contributed by atoms with Crippen molar-refractivity contribution in [2.24, 2.45) is 11.8 Å². The fourth-order valence-electron chi connectivity index (χ4n) is 3.52. The van der Waals surface area contributed by atoms with Crippen molar-refractivity contribution in [1.82, 2.24) is 0 Å². The molecule has 0 saturated heterocycles. The number of hydrogen-bond donors (Lipinski definition) is 2. The SMILES string of the molecule is CCCCCCC(O)C=CC1CCC(=O)C1CC=CCCCCC(=O)O.